The van der Waals surface area contributed by atoms with Gasteiger partial charge in [0.05, 0.1) is 12.7 Å². The second kappa shape index (κ2) is 3.50. The van der Waals surface area contributed by atoms with Crippen LogP contribution in [0.1, 0.15) is 20.8 Å². The van der Waals surface area contributed by atoms with Crippen LogP contribution in [0.5, 0.6) is 0 Å². The second-order valence-electron chi connectivity index (χ2n) is 4.27. The minimum absolute atomic E-state index is 0.0328. The van der Waals surface area contributed by atoms with E-state index in [4.69, 9.17) is 4.74 Å². The van der Waals surface area contributed by atoms with Crippen molar-refractivity contribution in [2.24, 2.45) is 5.41 Å². The van der Waals surface area contributed by atoms with Crippen molar-refractivity contribution in [2.75, 3.05) is 13.2 Å². The van der Waals surface area contributed by atoms with Gasteiger partial charge in [-0.05, 0) is 6.92 Å². The Bertz CT molecular complexity index is 229. The van der Waals surface area contributed by atoms with Crippen LogP contribution in [0.25, 0.3) is 0 Å². The van der Waals surface area contributed by atoms with Crippen molar-refractivity contribution in [3.05, 3.63) is 12.2 Å². The number of nitrogens with one attached hydrogen (secondary N) is 1. The van der Waals surface area contributed by atoms with Gasteiger partial charge in [0.25, 0.3) is 0 Å². The van der Waals surface area contributed by atoms with Gasteiger partial charge in [-0.3, -0.25) is 4.79 Å². The third-order valence-electron chi connectivity index (χ3n) is 2.30. The minimum Gasteiger partial charge on any atom is -0.372 e. The molecule has 1 unspecified atom stereocenters. The molecule has 1 amide bonds. The highest BCUT2D eigenvalue weighted by Gasteiger charge is 2.39. The molecule has 3 heteroatoms. The lowest BCUT2D eigenvalue weighted by Gasteiger charge is -2.22. The van der Waals surface area contributed by atoms with Crippen LogP contribution in [-0.2, 0) is 9.53 Å². The quantitative estimate of drug-likeness (QED) is 0.524. The Morgan fingerprint density at radius 3 is 2.62 bits per heavy atom. The standard InChI is InChI=1S/C10H17NO2/c1-7(2)9(12)11-6-10(3,4)8-5-13-8/h8H,1,5-6H2,2-4H3,(H,11,12). The van der Waals surface area contributed by atoms with E-state index in [9.17, 15) is 4.79 Å². The summed E-state index contributed by atoms with van der Waals surface area (Å²) in [6.45, 7) is 10.9. The maximum atomic E-state index is 11.2. The molecule has 13 heavy (non-hydrogen) atoms. The van der Waals surface area contributed by atoms with Gasteiger partial charge in [-0.1, -0.05) is 20.4 Å². The number of epoxide rings is 1. The third-order valence-corrected chi connectivity index (χ3v) is 2.30. The maximum absolute atomic E-state index is 11.2. The predicted molar refractivity (Wildman–Crippen MR) is 51.3 cm³/mol. The number of ether oxygens (including phenoxy) is 1. The summed E-state index contributed by atoms with van der Waals surface area (Å²) in [4.78, 5) is 11.2. The Labute approximate surface area is 79.2 Å². The lowest BCUT2D eigenvalue weighted by molar-refractivity contribution is -0.117. The summed E-state index contributed by atoms with van der Waals surface area (Å²) >= 11 is 0. The Morgan fingerprint density at radius 2 is 2.23 bits per heavy atom. The van der Waals surface area contributed by atoms with Crippen molar-refractivity contribution in [1.82, 2.24) is 5.32 Å². The van der Waals surface area contributed by atoms with Gasteiger partial charge in [0.2, 0.25) is 5.91 Å². The SMILES string of the molecule is C=C(C)C(=O)NCC(C)(C)C1CO1. The molecular formula is C10H17NO2. The minimum atomic E-state index is -0.0753. The first-order valence-electron chi connectivity index (χ1n) is 4.49. The van der Waals surface area contributed by atoms with Gasteiger partial charge in [-0.25, -0.2) is 0 Å². The summed E-state index contributed by atoms with van der Waals surface area (Å²) in [5.41, 5.74) is 0.581. The van der Waals surface area contributed by atoms with E-state index in [1.165, 1.54) is 0 Å². The van der Waals surface area contributed by atoms with Gasteiger partial charge in [0, 0.05) is 17.5 Å². The smallest absolute Gasteiger partial charge is 0.246 e. The van der Waals surface area contributed by atoms with Crippen LogP contribution >= 0.6 is 0 Å². The average molecular weight is 183 g/mol. The summed E-state index contributed by atoms with van der Waals surface area (Å²) in [7, 11) is 0. The molecule has 1 rings (SSSR count). The highest BCUT2D eigenvalue weighted by Crippen LogP contribution is 2.31. The van der Waals surface area contributed by atoms with Gasteiger partial charge in [0.15, 0.2) is 0 Å². The van der Waals surface area contributed by atoms with Gasteiger partial charge < -0.3 is 10.1 Å². The van der Waals surface area contributed by atoms with Gasteiger partial charge in [0.1, 0.15) is 0 Å². The predicted octanol–water partition coefficient (Wildman–Crippen LogP) is 1.10. The van der Waals surface area contributed by atoms with E-state index in [1.54, 1.807) is 6.92 Å². The third kappa shape index (κ3) is 2.84. The van der Waals surface area contributed by atoms with Crippen LogP contribution in [0, 0.1) is 5.41 Å². The van der Waals surface area contributed by atoms with Crippen molar-refractivity contribution >= 4 is 5.91 Å². The maximum Gasteiger partial charge on any atom is 0.246 e. The first kappa shape index (κ1) is 10.3. The van der Waals surface area contributed by atoms with E-state index in [0.717, 1.165) is 6.61 Å². The largest absolute Gasteiger partial charge is 0.372 e. The summed E-state index contributed by atoms with van der Waals surface area (Å²) in [6, 6.07) is 0. The zero-order valence-corrected chi connectivity index (χ0v) is 8.52. The molecule has 0 aromatic rings. The van der Waals surface area contributed by atoms with Crippen LogP contribution < -0.4 is 5.32 Å². The van der Waals surface area contributed by atoms with E-state index in [1.807, 2.05) is 0 Å². The van der Waals surface area contributed by atoms with Gasteiger partial charge in [-0.15, -0.1) is 0 Å². The molecule has 0 bridgehead atoms. The molecule has 0 spiro atoms. The first-order valence-corrected chi connectivity index (χ1v) is 4.49. The molecule has 0 aromatic heterocycles. The lowest BCUT2D eigenvalue weighted by atomic mass is 9.89. The molecule has 1 aliphatic rings. The molecule has 0 aliphatic carbocycles. The van der Waals surface area contributed by atoms with Crippen molar-refractivity contribution < 1.29 is 9.53 Å². The highest BCUT2D eigenvalue weighted by molar-refractivity contribution is 5.92. The van der Waals surface area contributed by atoms with Crippen molar-refractivity contribution in [1.29, 1.82) is 0 Å². The second-order valence-corrected chi connectivity index (χ2v) is 4.27. The Balaban J connectivity index is 2.32. The summed E-state index contributed by atoms with van der Waals surface area (Å²) < 4.78 is 5.19. The number of rotatable bonds is 4. The zero-order valence-electron chi connectivity index (χ0n) is 8.52. The summed E-state index contributed by atoms with van der Waals surface area (Å²) in [5.74, 6) is -0.0753. The molecule has 74 valence electrons. The van der Waals surface area contributed by atoms with Crippen LogP contribution in [-0.4, -0.2) is 25.2 Å². The molecule has 3 nitrogen and oxygen atoms in total. The van der Waals surface area contributed by atoms with Crippen molar-refractivity contribution in [3.8, 4) is 0 Å². The molecule has 0 aromatic carbocycles. The van der Waals surface area contributed by atoms with Crippen molar-refractivity contribution in [3.63, 3.8) is 0 Å². The molecule has 1 N–H and O–H groups in total. The first-order chi connectivity index (χ1) is 5.93. The average Bonchev–Trinajstić information content (AvgIpc) is 2.81. The Morgan fingerprint density at radius 1 is 1.69 bits per heavy atom. The number of carbonyl (C=O) groups excluding carboxylic acids is 1. The lowest BCUT2D eigenvalue weighted by Crippen LogP contribution is -2.37. The Kier molecular flexibility index (Phi) is 2.76. The Hall–Kier alpha value is -0.830. The molecule has 1 aliphatic heterocycles. The van der Waals surface area contributed by atoms with Gasteiger partial charge >= 0.3 is 0 Å². The monoisotopic (exact) mass is 183 g/mol. The van der Waals surface area contributed by atoms with Crippen LogP contribution in [0.4, 0.5) is 0 Å². The van der Waals surface area contributed by atoms with E-state index in [2.05, 4.69) is 25.7 Å². The number of amides is 1. The topological polar surface area (TPSA) is 41.6 Å². The fourth-order valence-corrected chi connectivity index (χ4v) is 1.07. The zero-order chi connectivity index (χ0) is 10.1. The molecule has 1 atom stereocenters. The molecule has 1 saturated heterocycles. The molecular weight excluding hydrogens is 166 g/mol. The van der Waals surface area contributed by atoms with Crippen LogP contribution in [0.2, 0.25) is 0 Å². The summed E-state index contributed by atoms with van der Waals surface area (Å²) in [5, 5.41) is 2.83. The molecule has 0 saturated carbocycles. The van der Waals surface area contributed by atoms with E-state index < -0.39 is 0 Å². The van der Waals surface area contributed by atoms with Crippen LogP contribution in [0.3, 0.4) is 0 Å². The van der Waals surface area contributed by atoms with E-state index >= 15 is 0 Å². The fourth-order valence-electron chi connectivity index (χ4n) is 1.07. The van der Waals surface area contributed by atoms with Crippen molar-refractivity contribution in [2.45, 2.75) is 26.9 Å². The van der Waals surface area contributed by atoms with Crippen LogP contribution in [0.15, 0.2) is 12.2 Å². The fraction of sp³-hybridized carbons (Fsp3) is 0.700. The van der Waals surface area contributed by atoms with Gasteiger partial charge in [-0.2, -0.15) is 0 Å². The highest BCUT2D eigenvalue weighted by atomic mass is 16.6. The molecule has 1 fully saturated rings. The van der Waals surface area contributed by atoms with E-state index in [0.29, 0.717) is 18.2 Å². The summed E-state index contributed by atoms with van der Waals surface area (Å²) in [6.07, 6.45) is 0.304. The number of hydrogen-bond donors (Lipinski definition) is 1. The molecule has 0 radical (unpaired) electrons. The van der Waals surface area contributed by atoms with E-state index in [-0.39, 0.29) is 11.3 Å². The number of carbonyl (C=O) groups is 1. The molecule has 1 heterocycles. The number of hydrogen-bond acceptors (Lipinski definition) is 2. The normalized spacial score (nSPS) is 21.0.